The number of nitrogens with two attached hydrogens (primary N) is 1. The fourth-order valence-electron chi connectivity index (χ4n) is 2.07. The Labute approximate surface area is 137 Å². The van der Waals surface area contributed by atoms with E-state index in [-0.39, 0.29) is 0 Å². The first kappa shape index (κ1) is 16.5. The summed E-state index contributed by atoms with van der Waals surface area (Å²) in [6, 6.07) is 30.7. The van der Waals surface area contributed by atoms with Gasteiger partial charge in [0.05, 0.1) is 17.1 Å². The molecule has 23 heavy (non-hydrogen) atoms. The van der Waals surface area contributed by atoms with Crippen LogP contribution in [0, 0.1) is 0 Å². The Morgan fingerprint density at radius 1 is 0.652 bits per heavy atom. The molecule has 0 amide bonds. The molecule has 0 unspecified atom stereocenters. The molecular formula is C19H22N4. The van der Waals surface area contributed by atoms with E-state index in [0.29, 0.717) is 0 Å². The monoisotopic (exact) mass is 306 g/mol. The van der Waals surface area contributed by atoms with Crippen LogP contribution in [0.1, 0.15) is 0 Å². The van der Waals surface area contributed by atoms with Crippen molar-refractivity contribution >= 4 is 17.1 Å². The van der Waals surface area contributed by atoms with Crippen LogP contribution in [0.25, 0.3) is 0 Å². The molecule has 3 rings (SSSR count). The normalized spacial score (nSPS) is 9.48. The highest BCUT2D eigenvalue weighted by atomic mass is 15.5. The van der Waals surface area contributed by atoms with Gasteiger partial charge in [0.25, 0.3) is 0 Å². The van der Waals surface area contributed by atoms with Crippen molar-refractivity contribution in [2.75, 3.05) is 17.5 Å². The maximum atomic E-state index is 4.60. The van der Waals surface area contributed by atoms with Gasteiger partial charge >= 0.3 is 0 Å². The van der Waals surface area contributed by atoms with E-state index in [1.807, 2.05) is 54.6 Å². The number of para-hydroxylation sites is 3. The molecule has 0 aliphatic heterocycles. The summed E-state index contributed by atoms with van der Waals surface area (Å²) in [5, 5.41) is 2.08. The summed E-state index contributed by atoms with van der Waals surface area (Å²) in [7, 11) is 1.65. The molecule has 3 aromatic rings. The summed E-state index contributed by atoms with van der Waals surface area (Å²) in [5.41, 5.74) is 8.95. The Morgan fingerprint density at radius 3 is 1.39 bits per heavy atom. The van der Waals surface area contributed by atoms with Crippen molar-refractivity contribution in [3.63, 3.8) is 0 Å². The zero-order valence-electron chi connectivity index (χ0n) is 13.2. The van der Waals surface area contributed by atoms with Crippen molar-refractivity contribution in [3.8, 4) is 0 Å². The molecule has 118 valence electrons. The Kier molecular flexibility index (Phi) is 6.65. The Bertz CT molecular complexity index is 617. The van der Waals surface area contributed by atoms with Gasteiger partial charge in [-0.05, 0) is 43.4 Å². The number of hydrogen-bond acceptors (Lipinski definition) is 4. The first-order valence-corrected chi connectivity index (χ1v) is 7.44. The van der Waals surface area contributed by atoms with Gasteiger partial charge in [0.15, 0.2) is 0 Å². The van der Waals surface area contributed by atoms with Crippen LogP contribution < -0.4 is 21.7 Å². The second kappa shape index (κ2) is 9.25. The van der Waals surface area contributed by atoms with Crippen LogP contribution in [-0.4, -0.2) is 7.05 Å². The van der Waals surface area contributed by atoms with Crippen LogP contribution in [0.2, 0.25) is 0 Å². The van der Waals surface area contributed by atoms with Gasteiger partial charge in [0, 0.05) is 0 Å². The molecule has 0 atom stereocenters. The lowest BCUT2D eigenvalue weighted by Crippen LogP contribution is -2.24. The van der Waals surface area contributed by atoms with Crippen molar-refractivity contribution in [1.29, 1.82) is 0 Å². The van der Waals surface area contributed by atoms with E-state index < -0.39 is 0 Å². The Balaban J connectivity index is 0.000000595. The predicted molar refractivity (Wildman–Crippen MR) is 98.3 cm³/mol. The first-order chi connectivity index (χ1) is 11.3. The number of anilines is 3. The lowest BCUT2D eigenvalue weighted by Gasteiger charge is -2.26. The number of hydrogen-bond donors (Lipinski definition) is 3. The third-order valence-electron chi connectivity index (χ3n) is 3.04. The molecule has 4 heteroatoms. The lowest BCUT2D eigenvalue weighted by molar-refractivity contribution is 0.900. The van der Waals surface area contributed by atoms with Gasteiger partial charge in [-0.15, -0.1) is 0 Å². The van der Waals surface area contributed by atoms with Crippen LogP contribution in [0.3, 0.4) is 0 Å². The van der Waals surface area contributed by atoms with Crippen LogP contribution in [0.15, 0.2) is 91.0 Å². The summed E-state index contributed by atoms with van der Waals surface area (Å²) in [6.45, 7) is 0. The zero-order chi connectivity index (χ0) is 16.3. The van der Waals surface area contributed by atoms with Gasteiger partial charge in [0.2, 0.25) is 0 Å². The van der Waals surface area contributed by atoms with Gasteiger partial charge in [-0.1, -0.05) is 54.6 Å². The summed E-state index contributed by atoms with van der Waals surface area (Å²) in [5.74, 6) is 4.60. The summed E-state index contributed by atoms with van der Waals surface area (Å²) < 4.78 is 0. The van der Waals surface area contributed by atoms with E-state index in [1.54, 1.807) is 7.05 Å². The third-order valence-corrected chi connectivity index (χ3v) is 3.04. The smallest absolute Gasteiger partial charge is 0.0630 e. The van der Waals surface area contributed by atoms with Crippen LogP contribution >= 0.6 is 0 Å². The maximum Gasteiger partial charge on any atom is 0.0630 e. The molecule has 0 aliphatic rings. The second-order valence-electron chi connectivity index (χ2n) is 4.77. The van der Waals surface area contributed by atoms with Crippen molar-refractivity contribution in [1.82, 2.24) is 5.43 Å². The van der Waals surface area contributed by atoms with E-state index in [4.69, 9.17) is 0 Å². The Hall–Kier alpha value is -2.82. The number of hydrazine groups is 2. The standard InChI is InChI=1S/C18H16N2.CH6N2/c1-4-10-16(11-5-1)19-20(17-12-6-2-7-13-17)18-14-8-3-9-15-18;1-3-2/h1-15,19H;3H,2H2,1H3. The van der Waals surface area contributed by atoms with Crippen LogP contribution in [0.5, 0.6) is 0 Å². The summed E-state index contributed by atoms with van der Waals surface area (Å²) in [4.78, 5) is 0. The van der Waals surface area contributed by atoms with Crippen molar-refractivity contribution in [2.24, 2.45) is 5.84 Å². The fraction of sp³-hybridized carbons (Fsp3) is 0.0526. The highest BCUT2D eigenvalue weighted by Gasteiger charge is 2.08. The number of nitrogens with one attached hydrogen (secondary N) is 2. The zero-order valence-corrected chi connectivity index (χ0v) is 13.2. The molecule has 4 N–H and O–H groups in total. The molecule has 0 saturated heterocycles. The number of rotatable bonds is 4. The highest BCUT2D eigenvalue weighted by molar-refractivity contribution is 5.67. The average molecular weight is 306 g/mol. The number of benzene rings is 3. The molecule has 0 fully saturated rings. The van der Waals surface area contributed by atoms with E-state index in [9.17, 15) is 0 Å². The minimum Gasteiger partial charge on any atom is -0.294 e. The average Bonchev–Trinajstić information content (AvgIpc) is 2.63. The molecule has 0 bridgehead atoms. The van der Waals surface area contributed by atoms with Crippen molar-refractivity contribution < 1.29 is 0 Å². The van der Waals surface area contributed by atoms with Gasteiger partial charge in [-0.25, -0.2) is 0 Å². The van der Waals surface area contributed by atoms with Gasteiger partial charge < -0.3 is 0 Å². The highest BCUT2D eigenvalue weighted by Crippen LogP contribution is 2.25. The molecule has 0 radical (unpaired) electrons. The summed E-state index contributed by atoms with van der Waals surface area (Å²) in [6.07, 6.45) is 0. The molecule has 0 aromatic heterocycles. The molecule has 0 aliphatic carbocycles. The van der Waals surface area contributed by atoms with Crippen molar-refractivity contribution in [3.05, 3.63) is 91.0 Å². The molecule has 4 nitrogen and oxygen atoms in total. The Morgan fingerprint density at radius 2 is 1.00 bits per heavy atom. The van der Waals surface area contributed by atoms with E-state index in [0.717, 1.165) is 17.1 Å². The van der Waals surface area contributed by atoms with E-state index in [2.05, 4.69) is 58.1 Å². The van der Waals surface area contributed by atoms with Gasteiger partial charge in [-0.3, -0.25) is 21.7 Å². The minimum absolute atomic E-state index is 1.06. The first-order valence-electron chi connectivity index (χ1n) is 7.44. The topological polar surface area (TPSA) is 53.3 Å². The minimum atomic E-state index is 1.06. The lowest BCUT2D eigenvalue weighted by atomic mass is 10.2. The molecule has 3 aromatic carbocycles. The SMILES string of the molecule is CNN.c1ccc(NN(c2ccccc2)c2ccccc2)cc1. The largest absolute Gasteiger partial charge is 0.294 e. The molecule has 0 saturated carbocycles. The van der Waals surface area contributed by atoms with E-state index >= 15 is 0 Å². The van der Waals surface area contributed by atoms with Gasteiger partial charge in [-0.2, -0.15) is 0 Å². The fourth-order valence-corrected chi connectivity index (χ4v) is 2.07. The predicted octanol–water partition coefficient (Wildman–Crippen LogP) is 3.93. The summed E-state index contributed by atoms with van der Waals surface area (Å²) >= 11 is 0. The van der Waals surface area contributed by atoms with Crippen LogP contribution in [-0.2, 0) is 0 Å². The van der Waals surface area contributed by atoms with Gasteiger partial charge in [0.1, 0.15) is 0 Å². The maximum absolute atomic E-state index is 4.60. The van der Waals surface area contributed by atoms with Crippen molar-refractivity contribution in [2.45, 2.75) is 0 Å². The van der Waals surface area contributed by atoms with Crippen LogP contribution in [0.4, 0.5) is 17.1 Å². The third kappa shape index (κ3) is 5.14. The molecular weight excluding hydrogens is 284 g/mol. The second-order valence-corrected chi connectivity index (χ2v) is 4.77. The van der Waals surface area contributed by atoms with E-state index in [1.165, 1.54) is 0 Å². The number of nitrogens with zero attached hydrogens (tertiary/aromatic N) is 1. The molecule has 0 spiro atoms. The quantitative estimate of drug-likeness (QED) is 0.505. The molecule has 0 heterocycles.